The first-order chi connectivity index (χ1) is 9.05. The average Bonchev–Trinajstić information content (AvgIpc) is 2.26. The van der Waals surface area contributed by atoms with Gasteiger partial charge in [-0.2, -0.15) is 0 Å². The van der Waals surface area contributed by atoms with Crippen molar-refractivity contribution in [2.24, 2.45) is 5.92 Å². The highest BCUT2D eigenvalue weighted by molar-refractivity contribution is 6.74. The second-order valence-corrected chi connectivity index (χ2v) is 11.9. The molecule has 1 fully saturated rings. The predicted molar refractivity (Wildman–Crippen MR) is 86.1 cm³/mol. The van der Waals surface area contributed by atoms with Gasteiger partial charge in [0.1, 0.15) is 0 Å². The molecule has 1 amide bonds. The molecule has 1 aliphatic heterocycles. The maximum Gasteiger partial charge on any atom is 0.228 e. The van der Waals surface area contributed by atoms with Gasteiger partial charge in [-0.05, 0) is 37.0 Å². The lowest BCUT2D eigenvalue weighted by Gasteiger charge is -2.45. The first-order valence-electron chi connectivity index (χ1n) is 7.42. The van der Waals surface area contributed by atoms with Crippen molar-refractivity contribution < 1.29 is 9.22 Å². The van der Waals surface area contributed by atoms with Gasteiger partial charge in [0.25, 0.3) is 0 Å². The first-order valence-corrected chi connectivity index (χ1v) is 10.3. The third-order valence-electron chi connectivity index (χ3n) is 4.74. The van der Waals surface area contributed by atoms with Gasteiger partial charge >= 0.3 is 0 Å². The molecular formula is C16H29NO2Si. The Morgan fingerprint density at radius 1 is 1.50 bits per heavy atom. The van der Waals surface area contributed by atoms with Gasteiger partial charge in [0.05, 0.1) is 18.1 Å². The fraction of sp³-hybridized carbons (Fsp3) is 0.750. The predicted octanol–water partition coefficient (Wildman–Crippen LogP) is 3.63. The Morgan fingerprint density at radius 3 is 2.40 bits per heavy atom. The fourth-order valence-electron chi connectivity index (χ4n) is 2.35. The van der Waals surface area contributed by atoms with Gasteiger partial charge in [-0.15, -0.1) is 5.73 Å². The van der Waals surface area contributed by atoms with Crippen molar-refractivity contribution >= 4 is 14.2 Å². The Kier molecular flexibility index (Phi) is 5.07. The van der Waals surface area contributed by atoms with Gasteiger partial charge < -0.3 is 9.74 Å². The summed E-state index contributed by atoms with van der Waals surface area (Å²) in [5.41, 5.74) is 4.03. The monoisotopic (exact) mass is 295 g/mol. The van der Waals surface area contributed by atoms with E-state index in [1.165, 1.54) is 0 Å². The van der Waals surface area contributed by atoms with E-state index < -0.39 is 8.32 Å². The van der Waals surface area contributed by atoms with Crippen LogP contribution in [0.3, 0.4) is 0 Å². The number of amides is 1. The van der Waals surface area contributed by atoms with Crippen molar-refractivity contribution in [3.63, 3.8) is 0 Å². The smallest absolute Gasteiger partial charge is 0.228 e. The maximum absolute atomic E-state index is 11.9. The van der Waals surface area contributed by atoms with Gasteiger partial charge in [0.2, 0.25) is 5.91 Å². The molecular weight excluding hydrogens is 266 g/mol. The van der Waals surface area contributed by atoms with E-state index in [1.807, 2.05) is 6.92 Å². The Hall–Kier alpha value is -0.833. The number of carbonyl (C=O) groups excluding carboxylic acids is 1. The van der Waals surface area contributed by atoms with Crippen LogP contribution in [0.1, 0.15) is 41.0 Å². The molecule has 3 atom stereocenters. The molecule has 0 aromatic rings. The zero-order valence-corrected chi connectivity index (χ0v) is 15.0. The standard InChI is InChI=1S/C16H29NO2Si/c1-9-12(10-2)14-13(15(18)17-14)11(3)19-20(7,8)16(4,5)6/h11,13-14H,1,10H2,2-8H3,(H,17,18)/t11-,13-,14-/m1/s1. The van der Waals surface area contributed by atoms with E-state index in [2.05, 4.69) is 58.4 Å². The fourth-order valence-corrected chi connectivity index (χ4v) is 3.78. The van der Waals surface area contributed by atoms with E-state index in [4.69, 9.17) is 4.43 Å². The molecule has 0 saturated carbocycles. The molecule has 0 aliphatic carbocycles. The SMILES string of the molecule is C=C=C(CC)[C@H]1NC(=O)[C@@H]1[C@@H](C)O[Si](C)(C)C(C)(C)C. The molecule has 0 unspecified atom stereocenters. The quantitative estimate of drug-likeness (QED) is 0.478. The molecule has 1 heterocycles. The summed E-state index contributed by atoms with van der Waals surface area (Å²) in [6.45, 7) is 18.9. The number of hydrogen-bond acceptors (Lipinski definition) is 2. The van der Waals surface area contributed by atoms with Gasteiger partial charge in [-0.25, -0.2) is 0 Å². The molecule has 0 aromatic heterocycles. The van der Waals surface area contributed by atoms with E-state index in [9.17, 15) is 4.79 Å². The average molecular weight is 295 g/mol. The molecule has 1 aliphatic rings. The molecule has 4 heteroatoms. The summed E-state index contributed by atoms with van der Waals surface area (Å²) in [4.78, 5) is 11.9. The molecule has 1 rings (SSSR count). The highest BCUT2D eigenvalue weighted by Crippen LogP contribution is 2.39. The van der Waals surface area contributed by atoms with E-state index in [0.717, 1.165) is 12.0 Å². The van der Waals surface area contributed by atoms with Crippen LogP contribution in [0.25, 0.3) is 0 Å². The second kappa shape index (κ2) is 5.88. The van der Waals surface area contributed by atoms with Crippen LogP contribution in [0.5, 0.6) is 0 Å². The van der Waals surface area contributed by atoms with Crippen LogP contribution >= 0.6 is 0 Å². The molecule has 0 bridgehead atoms. The van der Waals surface area contributed by atoms with Crippen molar-refractivity contribution in [3.8, 4) is 0 Å². The zero-order chi connectivity index (χ0) is 15.7. The number of rotatable bonds is 5. The van der Waals surface area contributed by atoms with E-state index in [1.54, 1.807) is 0 Å². The Labute approximate surface area is 124 Å². The Bertz CT molecular complexity index is 430. The van der Waals surface area contributed by atoms with Crippen LogP contribution in [-0.4, -0.2) is 26.4 Å². The van der Waals surface area contributed by atoms with Crippen molar-refractivity contribution in [2.75, 3.05) is 0 Å². The van der Waals surface area contributed by atoms with Gasteiger partial charge in [-0.1, -0.05) is 34.3 Å². The number of hydrogen-bond donors (Lipinski definition) is 1. The summed E-state index contributed by atoms with van der Waals surface area (Å²) in [5.74, 6) is -0.0178. The molecule has 1 N–H and O–H groups in total. The molecule has 20 heavy (non-hydrogen) atoms. The van der Waals surface area contributed by atoms with E-state index in [0.29, 0.717) is 0 Å². The Morgan fingerprint density at radius 2 is 2.05 bits per heavy atom. The second-order valence-electron chi connectivity index (χ2n) is 7.15. The minimum Gasteiger partial charge on any atom is -0.413 e. The van der Waals surface area contributed by atoms with Crippen LogP contribution in [0.15, 0.2) is 17.9 Å². The molecule has 0 spiro atoms. The molecule has 114 valence electrons. The van der Waals surface area contributed by atoms with Gasteiger partial charge in [0, 0.05) is 0 Å². The third kappa shape index (κ3) is 3.25. The van der Waals surface area contributed by atoms with Crippen LogP contribution in [0, 0.1) is 5.92 Å². The van der Waals surface area contributed by atoms with Crippen LogP contribution in [0.4, 0.5) is 0 Å². The maximum atomic E-state index is 11.9. The summed E-state index contributed by atoms with van der Waals surface area (Å²) in [7, 11) is -1.85. The van der Waals surface area contributed by atoms with Crippen molar-refractivity contribution in [1.29, 1.82) is 0 Å². The van der Waals surface area contributed by atoms with Crippen molar-refractivity contribution in [1.82, 2.24) is 5.32 Å². The van der Waals surface area contributed by atoms with Gasteiger partial charge in [0.15, 0.2) is 8.32 Å². The Balaban J connectivity index is 2.84. The van der Waals surface area contributed by atoms with E-state index >= 15 is 0 Å². The molecule has 1 saturated heterocycles. The van der Waals surface area contributed by atoms with Crippen molar-refractivity contribution in [2.45, 2.75) is 71.3 Å². The lowest BCUT2D eigenvalue weighted by molar-refractivity contribution is -0.138. The summed E-state index contributed by atoms with van der Waals surface area (Å²) < 4.78 is 6.36. The third-order valence-corrected chi connectivity index (χ3v) is 9.31. The summed E-state index contributed by atoms with van der Waals surface area (Å²) in [6.07, 6.45) is 0.794. The molecule has 0 aromatic carbocycles. The number of nitrogens with one attached hydrogen (secondary N) is 1. The van der Waals surface area contributed by atoms with Crippen LogP contribution in [-0.2, 0) is 9.22 Å². The van der Waals surface area contributed by atoms with Crippen LogP contribution < -0.4 is 5.32 Å². The zero-order valence-electron chi connectivity index (χ0n) is 14.0. The molecule has 3 nitrogen and oxygen atoms in total. The topological polar surface area (TPSA) is 38.3 Å². The largest absolute Gasteiger partial charge is 0.413 e. The van der Waals surface area contributed by atoms with Crippen LogP contribution in [0.2, 0.25) is 18.1 Å². The minimum atomic E-state index is -1.85. The first kappa shape index (κ1) is 17.2. The lowest BCUT2D eigenvalue weighted by atomic mass is 9.81. The van der Waals surface area contributed by atoms with E-state index in [-0.39, 0.29) is 29.0 Å². The summed E-state index contributed by atoms with van der Waals surface area (Å²) in [6, 6.07) is 0.0461. The number of β-lactam (4-membered cyclic amide) rings is 1. The van der Waals surface area contributed by atoms with Gasteiger partial charge in [-0.3, -0.25) is 4.79 Å². The van der Waals surface area contributed by atoms with Crippen molar-refractivity contribution in [3.05, 3.63) is 17.9 Å². The summed E-state index contributed by atoms with van der Waals surface area (Å²) in [5, 5.41) is 3.11. The summed E-state index contributed by atoms with van der Waals surface area (Å²) >= 11 is 0. The highest BCUT2D eigenvalue weighted by Gasteiger charge is 2.48. The highest BCUT2D eigenvalue weighted by atomic mass is 28.4. The minimum absolute atomic E-state index is 0.0461. The lowest BCUT2D eigenvalue weighted by Crippen LogP contribution is -2.64. The molecule has 0 radical (unpaired) electrons. The number of carbonyl (C=O) groups is 1. The normalized spacial score (nSPS) is 24.4.